The summed E-state index contributed by atoms with van der Waals surface area (Å²) in [6.07, 6.45) is 3.75. The van der Waals surface area contributed by atoms with E-state index in [0.717, 1.165) is 49.6 Å². The maximum atomic E-state index is 11.8. The minimum atomic E-state index is 0.176. The Labute approximate surface area is 129 Å². The van der Waals surface area contributed by atoms with Crippen LogP contribution in [0.1, 0.15) is 30.0 Å². The van der Waals surface area contributed by atoms with Gasteiger partial charge in [-0.15, -0.1) is 11.3 Å². The molecule has 1 unspecified atom stereocenters. The summed E-state index contributed by atoms with van der Waals surface area (Å²) < 4.78 is 0. The molecule has 0 bridgehead atoms. The monoisotopic (exact) mass is 313 g/mol. The Balaban J connectivity index is 1.50. The van der Waals surface area contributed by atoms with Crippen LogP contribution in [0.4, 0.5) is 0 Å². The van der Waals surface area contributed by atoms with Crippen molar-refractivity contribution in [3.63, 3.8) is 0 Å². The fraction of sp³-hybridized carbons (Fsp3) is 0.714. The van der Waals surface area contributed by atoms with Gasteiger partial charge in [-0.1, -0.05) is 0 Å². The zero-order valence-electron chi connectivity index (χ0n) is 12.0. The number of thiazole rings is 1. The number of carbonyl (C=O) groups is 1. The number of amides is 1. The van der Waals surface area contributed by atoms with Crippen molar-refractivity contribution in [3.8, 4) is 0 Å². The molecule has 1 saturated heterocycles. The minimum absolute atomic E-state index is 0.176. The lowest BCUT2D eigenvalue weighted by molar-refractivity contribution is -0.121. The Kier molecular flexibility index (Phi) is 6.82. The molecule has 0 aromatic carbocycles. The van der Waals surface area contributed by atoms with E-state index >= 15 is 0 Å². The Morgan fingerprint density at radius 3 is 3.15 bits per heavy atom. The molecule has 0 aliphatic carbocycles. The van der Waals surface area contributed by atoms with E-state index < -0.39 is 0 Å². The average molecular weight is 313 g/mol. The Morgan fingerprint density at radius 1 is 1.55 bits per heavy atom. The Hall–Kier alpha value is -0.590. The third kappa shape index (κ3) is 5.81. The second-order valence-electron chi connectivity index (χ2n) is 5.12. The molecule has 112 valence electrons. The minimum Gasteiger partial charge on any atom is -0.356 e. The molecule has 4 nitrogen and oxygen atoms in total. The number of nitrogens with zero attached hydrogens (tertiary/aromatic N) is 1. The molecular formula is C14H23N3OS2. The van der Waals surface area contributed by atoms with Crippen LogP contribution >= 0.6 is 23.1 Å². The lowest BCUT2D eigenvalue weighted by Gasteiger charge is -2.22. The van der Waals surface area contributed by atoms with Gasteiger partial charge in [-0.05, 0) is 26.2 Å². The van der Waals surface area contributed by atoms with Gasteiger partial charge in [-0.2, -0.15) is 11.8 Å². The van der Waals surface area contributed by atoms with Gasteiger partial charge in [0.15, 0.2) is 0 Å². The van der Waals surface area contributed by atoms with Crippen molar-refractivity contribution in [3.05, 3.63) is 16.1 Å². The lowest BCUT2D eigenvalue weighted by Crippen LogP contribution is -2.41. The molecule has 2 N–H and O–H groups in total. The summed E-state index contributed by atoms with van der Waals surface area (Å²) in [6.45, 7) is 3.83. The molecular weight excluding hydrogens is 290 g/mol. The van der Waals surface area contributed by atoms with Gasteiger partial charge in [0, 0.05) is 48.1 Å². The average Bonchev–Trinajstić information content (AvgIpc) is 2.85. The highest BCUT2D eigenvalue weighted by Crippen LogP contribution is 2.12. The zero-order chi connectivity index (χ0) is 14.2. The number of thioether (sulfide) groups is 1. The summed E-state index contributed by atoms with van der Waals surface area (Å²) in [4.78, 5) is 16.2. The normalized spacial score (nSPS) is 18.9. The number of unbranched alkanes of at least 4 members (excludes halogenated alkanes) is 1. The van der Waals surface area contributed by atoms with E-state index in [0.29, 0.717) is 12.5 Å². The van der Waals surface area contributed by atoms with Crippen LogP contribution in [-0.2, 0) is 11.2 Å². The van der Waals surface area contributed by atoms with Crippen LogP contribution in [0.2, 0.25) is 0 Å². The first kappa shape index (κ1) is 15.8. The Bertz CT molecular complexity index is 416. The maximum absolute atomic E-state index is 11.8. The number of aryl methyl sites for hydroxylation is 2. The number of hydrogen-bond donors (Lipinski definition) is 2. The fourth-order valence-electron chi connectivity index (χ4n) is 2.19. The van der Waals surface area contributed by atoms with Crippen molar-refractivity contribution in [2.24, 2.45) is 0 Å². The molecule has 1 aliphatic heterocycles. The van der Waals surface area contributed by atoms with E-state index in [9.17, 15) is 4.79 Å². The molecule has 20 heavy (non-hydrogen) atoms. The van der Waals surface area contributed by atoms with E-state index in [1.165, 1.54) is 5.01 Å². The number of nitrogens with one attached hydrogen (secondary N) is 2. The molecule has 2 rings (SSSR count). The van der Waals surface area contributed by atoms with Crippen molar-refractivity contribution in [1.82, 2.24) is 15.6 Å². The van der Waals surface area contributed by atoms with Crippen molar-refractivity contribution < 1.29 is 4.79 Å². The van der Waals surface area contributed by atoms with Gasteiger partial charge >= 0.3 is 0 Å². The van der Waals surface area contributed by atoms with Crippen molar-refractivity contribution in [2.75, 3.05) is 24.6 Å². The van der Waals surface area contributed by atoms with Gasteiger partial charge in [-0.25, -0.2) is 4.98 Å². The zero-order valence-corrected chi connectivity index (χ0v) is 13.6. The third-order valence-electron chi connectivity index (χ3n) is 3.24. The lowest BCUT2D eigenvalue weighted by atomic mass is 10.2. The molecule has 0 spiro atoms. The van der Waals surface area contributed by atoms with Gasteiger partial charge in [-0.3, -0.25) is 4.79 Å². The molecule has 1 atom stereocenters. The summed E-state index contributed by atoms with van der Waals surface area (Å²) in [5, 5.41) is 9.70. The molecule has 6 heteroatoms. The largest absolute Gasteiger partial charge is 0.356 e. The highest BCUT2D eigenvalue weighted by atomic mass is 32.2. The summed E-state index contributed by atoms with van der Waals surface area (Å²) in [7, 11) is 0. The molecule has 1 amide bonds. The molecule has 1 fully saturated rings. The molecule has 1 aromatic rings. The highest BCUT2D eigenvalue weighted by Gasteiger charge is 2.16. The molecule has 1 aliphatic rings. The predicted octanol–water partition coefficient (Wildman–Crippen LogP) is 1.99. The van der Waals surface area contributed by atoms with Crippen LogP contribution in [0, 0.1) is 6.92 Å². The van der Waals surface area contributed by atoms with Crippen molar-refractivity contribution in [2.45, 2.75) is 38.6 Å². The topological polar surface area (TPSA) is 54.0 Å². The van der Waals surface area contributed by atoms with E-state index in [1.807, 2.05) is 18.7 Å². The van der Waals surface area contributed by atoms with Crippen LogP contribution in [0.3, 0.4) is 0 Å². The van der Waals surface area contributed by atoms with Gasteiger partial charge in [0.25, 0.3) is 0 Å². The van der Waals surface area contributed by atoms with E-state index in [4.69, 9.17) is 0 Å². The van der Waals surface area contributed by atoms with Crippen molar-refractivity contribution >= 4 is 29.0 Å². The van der Waals surface area contributed by atoms with Crippen LogP contribution < -0.4 is 10.6 Å². The van der Waals surface area contributed by atoms with Gasteiger partial charge < -0.3 is 10.6 Å². The van der Waals surface area contributed by atoms with Crippen LogP contribution in [0.5, 0.6) is 0 Å². The summed E-state index contributed by atoms with van der Waals surface area (Å²) >= 11 is 3.66. The van der Waals surface area contributed by atoms with Crippen LogP contribution in [-0.4, -0.2) is 41.5 Å². The summed E-state index contributed by atoms with van der Waals surface area (Å²) in [5.41, 5.74) is 1.11. The Morgan fingerprint density at radius 2 is 2.45 bits per heavy atom. The quantitative estimate of drug-likeness (QED) is 0.756. The molecule has 1 aromatic heterocycles. The summed E-state index contributed by atoms with van der Waals surface area (Å²) in [6, 6.07) is 0.354. The predicted molar refractivity (Wildman–Crippen MR) is 86.5 cm³/mol. The second kappa shape index (κ2) is 8.64. The molecule has 2 heterocycles. The number of hydrogen-bond acceptors (Lipinski definition) is 5. The molecule has 0 saturated carbocycles. The SMILES string of the molecule is Cc1csc(CCCCNC(=O)CC2CSCCN2)n1. The van der Waals surface area contributed by atoms with Crippen molar-refractivity contribution in [1.29, 1.82) is 0 Å². The first-order valence-electron chi connectivity index (χ1n) is 7.23. The van der Waals surface area contributed by atoms with Crippen LogP contribution in [0.15, 0.2) is 5.38 Å². The smallest absolute Gasteiger partial charge is 0.221 e. The second-order valence-corrected chi connectivity index (χ2v) is 7.21. The number of rotatable bonds is 7. The number of aromatic nitrogens is 1. The van der Waals surface area contributed by atoms with Gasteiger partial charge in [0.1, 0.15) is 0 Å². The third-order valence-corrected chi connectivity index (χ3v) is 5.39. The number of carbonyl (C=O) groups excluding carboxylic acids is 1. The highest BCUT2D eigenvalue weighted by molar-refractivity contribution is 7.99. The van der Waals surface area contributed by atoms with E-state index in [-0.39, 0.29) is 5.91 Å². The first-order chi connectivity index (χ1) is 9.74. The van der Waals surface area contributed by atoms with Crippen LogP contribution in [0.25, 0.3) is 0 Å². The van der Waals surface area contributed by atoms with E-state index in [1.54, 1.807) is 11.3 Å². The van der Waals surface area contributed by atoms with E-state index in [2.05, 4.69) is 21.0 Å². The summed E-state index contributed by atoms with van der Waals surface area (Å²) in [5.74, 6) is 2.39. The molecule has 0 radical (unpaired) electrons. The maximum Gasteiger partial charge on any atom is 0.221 e. The first-order valence-corrected chi connectivity index (χ1v) is 9.26. The standard InChI is InChI=1S/C14H23N3OS2/c1-11-9-20-14(17-11)4-2-3-5-16-13(18)8-12-10-19-7-6-15-12/h9,12,15H,2-8,10H2,1H3,(H,16,18). The van der Waals surface area contributed by atoms with Gasteiger partial charge in [0.2, 0.25) is 5.91 Å². The van der Waals surface area contributed by atoms with Gasteiger partial charge in [0.05, 0.1) is 5.01 Å². The fourth-order valence-corrected chi connectivity index (χ4v) is 3.96.